The Labute approximate surface area is 134 Å². The van der Waals surface area contributed by atoms with Crippen LogP contribution in [0.1, 0.15) is 16.8 Å². The van der Waals surface area contributed by atoms with E-state index in [0.717, 1.165) is 18.2 Å². The number of carboxylic acid groups (broad SMARTS) is 1. The molecule has 126 valence electrons. The number of hydrogen-bond donors (Lipinski definition) is 2. The Bertz CT molecular complexity index is 737. The first-order valence-electron chi connectivity index (χ1n) is 6.64. The summed E-state index contributed by atoms with van der Waals surface area (Å²) in [6, 6.07) is 7.51. The predicted octanol–water partition coefficient (Wildman–Crippen LogP) is 3.66. The molecule has 2 N–H and O–H groups in total. The standard InChI is InChI=1S/C16H12F3NO4/c17-16(18,19)11-3-1-10(2-4-11)9-24-13-6-5-12(20-8-13)7-14(21)15(22)23/h1-8,21H,9H2,(H,22,23)/b14-7-. The highest BCUT2D eigenvalue weighted by Crippen LogP contribution is 2.29. The maximum atomic E-state index is 12.4. The van der Waals surface area contributed by atoms with Crippen LogP contribution in [-0.4, -0.2) is 21.2 Å². The van der Waals surface area contributed by atoms with Gasteiger partial charge in [0.1, 0.15) is 12.4 Å². The first-order valence-corrected chi connectivity index (χ1v) is 6.64. The fourth-order valence-corrected chi connectivity index (χ4v) is 1.72. The van der Waals surface area contributed by atoms with E-state index in [1.807, 2.05) is 0 Å². The lowest BCUT2D eigenvalue weighted by atomic mass is 10.1. The van der Waals surface area contributed by atoms with Crippen molar-refractivity contribution in [1.29, 1.82) is 0 Å². The van der Waals surface area contributed by atoms with Crippen LogP contribution in [0.25, 0.3) is 6.08 Å². The van der Waals surface area contributed by atoms with Crippen molar-refractivity contribution in [2.45, 2.75) is 12.8 Å². The zero-order chi connectivity index (χ0) is 17.7. The summed E-state index contributed by atoms with van der Waals surface area (Å²) < 4.78 is 42.7. The molecular weight excluding hydrogens is 327 g/mol. The van der Waals surface area contributed by atoms with E-state index in [4.69, 9.17) is 14.9 Å². The molecule has 0 aliphatic rings. The third kappa shape index (κ3) is 4.73. The molecule has 2 rings (SSSR count). The number of benzene rings is 1. The van der Waals surface area contributed by atoms with E-state index < -0.39 is 23.5 Å². The molecule has 0 fully saturated rings. The zero-order valence-electron chi connectivity index (χ0n) is 12.1. The summed E-state index contributed by atoms with van der Waals surface area (Å²) >= 11 is 0. The minimum atomic E-state index is -4.38. The van der Waals surface area contributed by atoms with Crippen LogP contribution in [0.5, 0.6) is 5.75 Å². The lowest BCUT2D eigenvalue weighted by molar-refractivity contribution is -0.137. The van der Waals surface area contributed by atoms with Crippen molar-refractivity contribution in [1.82, 2.24) is 4.98 Å². The van der Waals surface area contributed by atoms with Crippen molar-refractivity contribution in [2.24, 2.45) is 0 Å². The van der Waals surface area contributed by atoms with Crippen molar-refractivity contribution in [3.8, 4) is 5.75 Å². The average molecular weight is 339 g/mol. The summed E-state index contributed by atoms with van der Waals surface area (Å²) in [6.45, 7) is 0.0510. The number of alkyl halides is 3. The molecule has 8 heteroatoms. The summed E-state index contributed by atoms with van der Waals surface area (Å²) in [4.78, 5) is 14.4. The molecule has 0 bridgehead atoms. The van der Waals surface area contributed by atoms with E-state index >= 15 is 0 Å². The molecule has 1 heterocycles. The fraction of sp³-hybridized carbons (Fsp3) is 0.125. The molecule has 5 nitrogen and oxygen atoms in total. The molecule has 1 aromatic heterocycles. The SMILES string of the molecule is O=C(O)/C(O)=C/c1ccc(OCc2ccc(C(F)(F)F)cc2)cn1. The van der Waals surface area contributed by atoms with Gasteiger partial charge in [0.2, 0.25) is 5.76 Å². The highest BCUT2D eigenvalue weighted by Gasteiger charge is 2.29. The Balaban J connectivity index is 1.97. The smallest absolute Gasteiger partial charge is 0.416 e. The van der Waals surface area contributed by atoms with Gasteiger partial charge in [0.05, 0.1) is 17.5 Å². The molecule has 1 aromatic carbocycles. The summed E-state index contributed by atoms with van der Waals surface area (Å²) in [7, 11) is 0. The zero-order valence-corrected chi connectivity index (χ0v) is 12.1. The van der Waals surface area contributed by atoms with Crippen LogP contribution in [0.4, 0.5) is 13.2 Å². The average Bonchev–Trinajstić information content (AvgIpc) is 2.53. The predicted molar refractivity (Wildman–Crippen MR) is 78.3 cm³/mol. The molecule has 0 aliphatic heterocycles. The third-order valence-electron chi connectivity index (χ3n) is 2.95. The molecule has 0 spiro atoms. The van der Waals surface area contributed by atoms with Crippen LogP contribution >= 0.6 is 0 Å². The van der Waals surface area contributed by atoms with Crippen LogP contribution in [0.3, 0.4) is 0 Å². The number of nitrogens with zero attached hydrogens (tertiary/aromatic N) is 1. The lowest BCUT2D eigenvalue weighted by Crippen LogP contribution is -2.05. The van der Waals surface area contributed by atoms with Gasteiger partial charge in [-0.1, -0.05) is 12.1 Å². The number of rotatable bonds is 5. The van der Waals surface area contributed by atoms with Gasteiger partial charge in [-0.25, -0.2) is 4.79 Å². The summed E-state index contributed by atoms with van der Waals surface area (Å²) in [5.74, 6) is -1.97. The number of pyridine rings is 1. The molecule has 2 aromatic rings. The Morgan fingerprint density at radius 2 is 1.79 bits per heavy atom. The topological polar surface area (TPSA) is 79.7 Å². The van der Waals surface area contributed by atoms with Crippen molar-refractivity contribution < 1.29 is 32.9 Å². The number of aromatic nitrogens is 1. The lowest BCUT2D eigenvalue weighted by Gasteiger charge is -2.09. The monoisotopic (exact) mass is 339 g/mol. The minimum Gasteiger partial charge on any atom is -0.502 e. The Morgan fingerprint density at radius 1 is 1.12 bits per heavy atom. The second-order valence-corrected chi connectivity index (χ2v) is 4.74. The Kier molecular flexibility index (Phi) is 5.08. The maximum Gasteiger partial charge on any atom is 0.416 e. The van der Waals surface area contributed by atoms with Crippen LogP contribution in [0.2, 0.25) is 0 Å². The highest BCUT2D eigenvalue weighted by molar-refractivity contribution is 5.88. The van der Waals surface area contributed by atoms with E-state index in [1.54, 1.807) is 0 Å². The van der Waals surface area contributed by atoms with E-state index in [1.165, 1.54) is 30.5 Å². The number of hydrogen-bond acceptors (Lipinski definition) is 4. The second kappa shape index (κ2) is 7.03. The number of aliphatic carboxylic acids is 1. The van der Waals surface area contributed by atoms with Gasteiger partial charge >= 0.3 is 12.1 Å². The van der Waals surface area contributed by atoms with Crippen LogP contribution in [-0.2, 0) is 17.6 Å². The first-order chi connectivity index (χ1) is 11.3. The fourth-order valence-electron chi connectivity index (χ4n) is 1.72. The molecule has 0 saturated carbocycles. The van der Waals surface area contributed by atoms with Gasteiger partial charge in [0, 0.05) is 6.08 Å². The molecule has 0 atom stereocenters. The van der Waals surface area contributed by atoms with Crippen LogP contribution < -0.4 is 4.74 Å². The normalized spacial score (nSPS) is 12.0. The van der Waals surface area contributed by atoms with Crippen molar-refractivity contribution in [3.05, 3.63) is 65.2 Å². The number of ether oxygens (including phenoxy) is 1. The van der Waals surface area contributed by atoms with E-state index in [0.29, 0.717) is 11.3 Å². The molecule has 0 saturated heterocycles. The van der Waals surface area contributed by atoms with Crippen LogP contribution in [0.15, 0.2) is 48.4 Å². The van der Waals surface area contributed by atoms with Crippen molar-refractivity contribution in [2.75, 3.05) is 0 Å². The molecule has 0 amide bonds. The van der Waals surface area contributed by atoms with Gasteiger partial charge < -0.3 is 14.9 Å². The number of aliphatic hydroxyl groups is 1. The van der Waals surface area contributed by atoms with Gasteiger partial charge in [-0.15, -0.1) is 0 Å². The quantitative estimate of drug-likeness (QED) is 0.642. The van der Waals surface area contributed by atoms with Gasteiger partial charge in [-0.2, -0.15) is 13.2 Å². The number of aliphatic hydroxyl groups excluding tert-OH is 1. The number of halogens is 3. The molecule has 24 heavy (non-hydrogen) atoms. The summed E-state index contributed by atoms with van der Waals surface area (Å²) in [5, 5.41) is 17.6. The first kappa shape index (κ1) is 17.3. The molecular formula is C16H12F3NO4. The molecule has 0 unspecified atom stereocenters. The third-order valence-corrected chi connectivity index (χ3v) is 2.95. The summed E-state index contributed by atoms with van der Waals surface area (Å²) in [6.07, 6.45) is -2.10. The van der Waals surface area contributed by atoms with E-state index in [9.17, 15) is 18.0 Å². The largest absolute Gasteiger partial charge is 0.502 e. The van der Waals surface area contributed by atoms with Gasteiger partial charge in [0.25, 0.3) is 0 Å². The minimum absolute atomic E-state index is 0.0510. The Hall–Kier alpha value is -3.03. The molecule has 0 aliphatic carbocycles. The number of carbonyl (C=O) groups is 1. The van der Waals surface area contributed by atoms with Gasteiger partial charge in [0.15, 0.2) is 0 Å². The van der Waals surface area contributed by atoms with Crippen molar-refractivity contribution in [3.63, 3.8) is 0 Å². The van der Waals surface area contributed by atoms with E-state index in [2.05, 4.69) is 4.98 Å². The Morgan fingerprint density at radius 3 is 2.29 bits per heavy atom. The summed E-state index contributed by atoms with van der Waals surface area (Å²) in [5.41, 5.74) is 0.0366. The second-order valence-electron chi connectivity index (χ2n) is 4.74. The number of carboxylic acids is 1. The maximum absolute atomic E-state index is 12.4. The van der Waals surface area contributed by atoms with Gasteiger partial charge in [-0.3, -0.25) is 4.98 Å². The van der Waals surface area contributed by atoms with E-state index in [-0.39, 0.29) is 12.3 Å². The van der Waals surface area contributed by atoms with Gasteiger partial charge in [-0.05, 0) is 29.8 Å². The molecule has 0 radical (unpaired) electrons. The van der Waals surface area contributed by atoms with Crippen molar-refractivity contribution >= 4 is 12.0 Å². The highest BCUT2D eigenvalue weighted by atomic mass is 19.4. The van der Waals surface area contributed by atoms with Crippen LogP contribution in [0, 0.1) is 0 Å².